The van der Waals surface area contributed by atoms with Crippen molar-refractivity contribution in [1.29, 1.82) is 0 Å². The molecule has 0 aliphatic heterocycles. The lowest BCUT2D eigenvalue weighted by Gasteiger charge is -2.17. The normalized spacial score (nSPS) is 11.4. The van der Waals surface area contributed by atoms with Gasteiger partial charge in [-0.05, 0) is 0 Å². The van der Waals surface area contributed by atoms with Gasteiger partial charge in [0, 0.05) is 0 Å². The summed E-state index contributed by atoms with van der Waals surface area (Å²) in [6.45, 7) is -1.23. The van der Waals surface area contributed by atoms with Crippen molar-refractivity contribution < 1.29 is 0 Å². The van der Waals surface area contributed by atoms with Gasteiger partial charge in [-0.25, -0.2) is 0 Å². The SMILES string of the molecule is NN=NC(CN=O)(CN=O)CN=O. The number of nitroso groups, excluding NO2 is 3. The van der Waals surface area contributed by atoms with E-state index >= 15 is 0 Å². The molecule has 0 saturated heterocycles. The Kier molecular flexibility index (Phi) is 5.00. The van der Waals surface area contributed by atoms with E-state index in [1.54, 1.807) is 0 Å². The molecule has 0 aliphatic carbocycles. The van der Waals surface area contributed by atoms with Crippen molar-refractivity contribution in [3.05, 3.63) is 14.7 Å². The lowest BCUT2D eigenvalue weighted by atomic mass is 10.0. The van der Waals surface area contributed by atoms with Gasteiger partial charge in [-0.15, -0.1) is 0 Å². The van der Waals surface area contributed by atoms with Crippen LogP contribution < -0.4 is 5.84 Å². The fraction of sp³-hybridized carbons (Fsp3) is 1.00. The van der Waals surface area contributed by atoms with Gasteiger partial charge in [0.2, 0.25) is 0 Å². The molecule has 0 aromatic carbocycles. The van der Waals surface area contributed by atoms with Gasteiger partial charge in [0.05, 0.1) is 0 Å². The monoisotopic (exact) mass is 188 g/mol. The molecule has 0 unspecified atom stereocenters. The summed E-state index contributed by atoms with van der Waals surface area (Å²) < 4.78 is 0. The van der Waals surface area contributed by atoms with Crippen molar-refractivity contribution in [2.24, 2.45) is 31.7 Å². The van der Waals surface area contributed by atoms with Crippen molar-refractivity contribution in [3.8, 4) is 0 Å². The van der Waals surface area contributed by atoms with Crippen molar-refractivity contribution >= 4 is 0 Å². The molecule has 0 fully saturated rings. The van der Waals surface area contributed by atoms with Crippen LogP contribution in [-0.2, 0) is 0 Å². The largest absolute Gasteiger partial charge is 0.305 e. The lowest BCUT2D eigenvalue weighted by Crippen LogP contribution is -2.37. The van der Waals surface area contributed by atoms with E-state index in [4.69, 9.17) is 5.84 Å². The zero-order chi connectivity index (χ0) is 10.2. The molecule has 0 rings (SSSR count). The molecule has 2 N–H and O–H groups in total. The highest BCUT2D eigenvalue weighted by atomic mass is 16.3. The second-order valence-corrected chi connectivity index (χ2v) is 2.30. The summed E-state index contributed by atoms with van der Waals surface area (Å²) >= 11 is 0. The molecular weight excluding hydrogens is 180 g/mol. The molecule has 0 heterocycles. The molecule has 0 aromatic rings. The van der Waals surface area contributed by atoms with Crippen LogP contribution in [0.4, 0.5) is 0 Å². The van der Waals surface area contributed by atoms with Crippen LogP contribution in [0.1, 0.15) is 0 Å². The van der Waals surface area contributed by atoms with Crippen molar-refractivity contribution in [2.75, 3.05) is 19.6 Å². The summed E-state index contributed by atoms with van der Waals surface area (Å²) in [6, 6.07) is 0. The summed E-state index contributed by atoms with van der Waals surface area (Å²) in [6.07, 6.45) is 0. The standard InChI is InChI=1S/C4H8N6O3/c5-10-9-4(1-6-11,2-7-12)3-8-13/h1-3H2,(H2,5,9). The first kappa shape index (κ1) is 11.2. The minimum absolute atomic E-state index is 0.412. The summed E-state index contributed by atoms with van der Waals surface area (Å²) in [7, 11) is 0. The van der Waals surface area contributed by atoms with E-state index in [9.17, 15) is 14.7 Å². The predicted octanol–water partition coefficient (Wildman–Crippen LogP) is 0.350. The fourth-order valence-corrected chi connectivity index (χ4v) is 0.728. The first-order chi connectivity index (χ1) is 6.24. The summed E-state index contributed by atoms with van der Waals surface area (Å²) in [4.78, 5) is 29.9. The van der Waals surface area contributed by atoms with Crippen LogP contribution in [0.3, 0.4) is 0 Å². The first-order valence-corrected chi connectivity index (χ1v) is 3.24. The molecule has 0 bridgehead atoms. The van der Waals surface area contributed by atoms with Gasteiger partial charge < -0.3 is 5.84 Å². The van der Waals surface area contributed by atoms with Crippen molar-refractivity contribution in [2.45, 2.75) is 5.54 Å². The van der Waals surface area contributed by atoms with Crippen molar-refractivity contribution in [1.82, 2.24) is 0 Å². The van der Waals surface area contributed by atoms with Gasteiger partial charge in [-0.1, -0.05) is 20.8 Å². The number of nitrogens with two attached hydrogens (primary N) is 1. The highest BCUT2D eigenvalue weighted by molar-refractivity contribution is 4.93. The second kappa shape index (κ2) is 5.80. The molecule has 0 atom stereocenters. The molecule has 9 nitrogen and oxygen atoms in total. The van der Waals surface area contributed by atoms with E-state index in [1.807, 2.05) is 0 Å². The summed E-state index contributed by atoms with van der Waals surface area (Å²) in [5.74, 6) is 4.73. The Morgan fingerprint density at radius 2 is 1.31 bits per heavy atom. The maximum Gasteiger partial charge on any atom is 0.152 e. The van der Waals surface area contributed by atoms with Gasteiger partial charge >= 0.3 is 0 Å². The molecule has 0 radical (unpaired) electrons. The van der Waals surface area contributed by atoms with E-state index in [1.165, 1.54) is 0 Å². The Bertz CT molecular complexity index is 189. The molecule has 9 heteroatoms. The van der Waals surface area contributed by atoms with Crippen LogP contribution in [0.25, 0.3) is 0 Å². The number of nitrogens with zero attached hydrogens (tertiary/aromatic N) is 5. The van der Waals surface area contributed by atoms with Gasteiger partial charge in [-0.2, -0.15) is 19.8 Å². The topological polar surface area (TPSA) is 139 Å². The van der Waals surface area contributed by atoms with Crippen LogP contribution in [0.15, 0.2) is 25.9 Å². The first-order valence-electron chi connectivity index (χ1n) is 3.24. The molecule has 0 aliphatic rings. The van der Waals surface area contributed by atoms with E-state index in [0.717, 1.165) is 0 Å². The third-order valence-electron chi connectivity index (χ3n) is 1.35. The Morgan fingerprint density at radius 3 is 1.54 bits per heavy atom. The van der Waals surface area contributed by atoms with Crippen LogP contribution in [0.5, 0.6) is 0 Å². The smallest absolute Gasteiger partial charge is 0.152 e. The van der Waals surface area contributed by atoms with Gasteiger partial charge in [0.25, 0.3) is 0 Å². The Morgan fingerprint density at radius 1 is 0.923 bits per heavy atom. The maximum absolute atomic E-state index is 9.97. The van der Waals surface area contributed by atoms with E-state index in [0.29, 0.717) is 0 Å². The summed E-state index contributed by atoms with van der Waals surface area (Å²) in [5.41, 5.74) is -1.40. The number of rotatable bonds is 7. The maximum atomic E-state index is 9.97. The van der Waals surface area contributed by atoms with Crippen LogP contribution >= 0.6 is 0 Å². The van der Waals surface area contributed by atoms with E-state index in [2.05, 4.69) is 25.9 Å². The lowest BCUT2D eigenvalue weighted by molar-refractivity contribution is 0.434. The zero-order valence-corrected chi connectivity index (χ0v) is 6.66. The molecule has 0 aromatic heterocycles. The van der Waals surface area contributed by atoms with Gasteiger partial charge in [0.15, 0.2) is 5.54 Å². The van der Waals surface area contributed by atoms with Crippen molar-refractivity contribution in [3.63, 3.8) is 0 Å². The Labute approximate surface area is 72.7 Å². The van der Waals surface area contributed by atoms with Crippen LogP contribution in [-0.4, -0.2) is 25.2 Å². The third kappa shape index (κ3) is 3.40. The molecule has 13 heavy (non-hydrogen) atoms. The predicted molar refractivity (Wildman–Crippen MR) is 43.8 cm³/mol. The van der Waals surface area contributed by atoms with Crippen LogP contribution in [0.2, 0.25) is 0 Å². The summed E-state index contributed by atoms with van der Waals surface area (Å²) in [5, 5.41) is 13.8. The molecule has 0 amide bonds. The number of hydrogen-bond donors (Lipinski definition) is 1. The highest BCUT2D eigenvalue weighted by Crippen LogP contribution is 2.13. The molecular formula is C4H8N6O3. The average molecular weight is 188 g/mol. The molecule has 0 spiro atoms. The van der Waals surface area contributed by atoms with Crippen LogP contribution in [0, 0.1) is 14.7 Å². The quantitative estimate of drug-likeness (QED) is 0.266. The average Bonchev–Trinajstić information content (AvgIpc) is 2.06. The van der Waals surface area contributed by atoms with E-state index in [-0.39, 0.29) is 0 Å². The minimum Gasteiger partial charge on any atom is -0.305 e. The van der Waals surface area contributed by atoms with E-state index < -0.39 is 25.2 Å². The van der Waals surface area contributed by atoms with Gasteiger partial charge in [0.1, 0.15) is 19.6 Å². The molecule has 72 valence electrons. The highest BCUT2D eigenvalue weighted by Gasteiger charge is 2.32. The van der Waals surface area contributed by atoms with Gasteiger partial charge in [-0.3, -0.25) is 0 Å². The number of hydrogen-bond acceptors (Lipinski definition) is 8. The second-order valence-electron chi connectivity index (χ2n) is 2.30. The Hall–Kier alpha value is -1.80. The minimum atomic E-state index is -1.40. The Balaban J connectivity index is 4.64. The zero-order valence-electron chi connectivity index (χ0n) is 6.66. The molecule has 0 saturated carbocycles. The third-order valence-corrected chi connectivity index (χ3v) is 1.35. The fourth-order valence-electron chi connectivity index (χ4n) is 0.728.